The maximum Gasteiger partial charge on any atom is 0.329 e. The van der Waals surface area contributed by atoms with E-state index in [4.69, 9.17) is 4.74 Å². The number of benzene rings is 1. The molecule has 2 aliphatic rings. The lowest BCUT2D eigenvalue weighted by Gasteiger charge is -2.21. The zero-order valence-corrected chi connectivity index (χ0v) is 18.4. The van der Waals surface area contributed by atoms with E-state index in [0.29, 0.717) is 29.6 Å². The van der Waals surface area contributed by atoms with Crippen LogP contribution in [0.15, 0.2) is 23.0 Å². The fourth-order valence-corrected chi connectivity index (χ4v) is 4.02. The highest BCUT2D eigenvalue weighted by atomic mass is 16.5. The third kappa shape index (κ3) is 4.89. The number of carbonyl (C=O) groups excluding carboxylic acids is 2. The lowest BCUT2D eigenvalue weighted by Crippen LogP contribution is -2.44. The number of aromatic nitrogens is 2. The van der Waals surface area contributed by atoms with Gasteiger partial charge in [0.15, 0.2) is 0 Å². The summed E-state index contributed by atoms with van der Waals surface area (Å²) in [4.78, 5) is 36.7. The minimum Gasteiger partial charge on any atom is -0.365 e. The number of ether oxygens (including phenoxy) is 1. The molecular weight excluding hydrogens is 396 g/mol. The lowest BCUT2D eigenvalue weighted by atomic mass is 10.1. The Balaban J connectivity index is 0.00000132. The highest BCUT2D eigenvalue weighted by Crippen LogP contribution is 2.24. The van der Waals surface area contributed by atoms with Crippen LogP contribution in [0.2, 0.25) is 0 Å². The van der Waals surface area contributed by atoms with Crippen LogP contribution in [0.3, 0.4) is 0 Å². The number of para-hydroxylation sites is 1. The summed E-state index contributed by atoms with van der Waals surface area (Å²) in [6, 6.07) is 4.78. The molecule has 166 valence electrons. The number of imide groups is 1. The second-order valence-corrected chi connectivity index (χ2v) is 7.41. The van der Waals surface area contributed by atoms with E-state index in [9.17, 15) is 14.4 Å². The summed E-state index contributed by atoms with van der Waals surface area (Å²) in [6.07, 6.45) is 2.73. The topological polar surface area (TPSA) is 94.4 Å². The third-order valence-corrected chi connectivity index (χ3v) is 5.52. The molecule has 2 saturated heterocycles. The molecule has 0 saturated carbocycles. The van der Waals surface area contributed by atoms with Crippen LogP contribution >= 0.6 is 0 Å². The molecule has 0 radical (unpaired) electrons. The van der Waals surface area contributed by atoms with Gasteiger partial charge in [0, 0.05) is 13.5 Å². The van der Waals surface area contributed by atoms with Crippen molar-refractivity contribution in [3.63, 3.8) is 0 Å². The van der Waals surface area contributed by atoms with Gasteiger partial charge in [0.25, 0.3) is 0 Å². The molecule has 8 heteroatoms. The Morgan fingerprint density at radius 2 is 1.87 bits per heavy atom. The standard InChI is InChI=1S/C21H24N4O4.C2H6/c1-24-19-14(5-3-13-29-15-9-11-22-12-10-15)4-2-6-16(19)25(21(24)28)17-7-8-18(26)23-20(17)27;1-2/h2,4,6,15,17,22H,7-13H2,1H3,(H,23,26,27);1-2H3. The molecule has 0 bridgehead atoms. The number of hydrogen-bond acceptors (Lipinski definition) is 5. The minimum atomic E-state index is -0.699. The van der Waals surface area contributed by atoms with E-state index in [2.05, 4.69) is 22.5 Å². The van der Waals surface area contributed by atoms with Gasteiger partial charge >= 0.3 is 5.69 Å². The van der Waals surface area contributed by atoms with Crippen molar-refractivity contribution in [2.24, 2.45) is 7.05 Å². The molecular formula is C23H30N4O4. The Hall–Kier alpha value is -2.89. The van der Waals surface area contributed by atoms with E-state index >= 15 is 0 Å². The number of piperidine rings is 2. The molecule has 1 aromatic carbocycles. The summed E-state index contributed by atoms with van der Waals surface area (Å²) in [5.41, 5.74) is 1.73. The number of aryl methyl sites for hydroxylation is 1. The monoisotopic (exact) mass is 426 g/mol. The summed E-state index contributed by atoms with van der Waals surface area (Å²) in [6.45, 7) is 6.27. The molecule has 2 N–H and O–H groups in total. The van der Waals surface area contributed by atoms with Crippen molar-refractivity contribution >= 4 is 22.8 Å². The van der Waals surface area contributed by atoms with Crippen LogP contribution < -0.4 is 16.3 Å². The van der Waals surface area contributed by atoms with Gasteiger partial charge < -0.3 is 10.1 Å². The number of nitrogens with one attached hydrogen (secondary N) is 2. The Morgan fingerprint density at radius 1 is 1.13 bits per heavy atom. The van der Waals surface area contributed by atoms with Gasteiger partial charge in [-0.3, -0.25) is 24.0 Å². The largest absolute Gasteiger partial charge is 0.365 e. The van der Waals surface area contributed by atoms with Crippen LogP contribution in [0.25, 0.3) is 11.0 Å². The lowest BCUT2D eigenvalue weighted by molar-refractivity contribution is -0.135. The van der Waals surface area contributed by atoms with E-state index in [1.54, 1.807) is 13.1 Å². The fourth-order valence-electron chi connectivity index (χ4n) is 4.02. The maximum atomic E-state index is 12.9. The first-order chi connectivity index (χ1) is 15.1. The second-order valence-electron chi connectivity index (χ2n) is 7.41. The molecule has 4 rings (SSSR count). The minimum absolute atomic E-state index is 0.215. The predicted octanol–water partition coefficient (Wildman–Crippen LogP) is 1.46. The zero-order valence-electron chi connectivity index (χ0n) is 18.4. The molecule has 1 atom stereocenters. The van der Waals surface area contributed by atoms with E-state index in [1.165, 1.54) is 9.13 Å². The SMILES string of the molecule is CC.Cn1c(=O)n(C2CCC(=O)NC2=O)c2cccc(C#CCOC3CCNCC3)c21. The molecule has 8 nitrogen and oxygen atoms in total. The molecule has 3 heterocycles. The van der Waals surface area contributed by atoms with Crippen LogP contribution in [0.1, 0.15) is 51.1 Å². The van der Waals surface area contributed by atoms with Crippen LogP contribution in [0.5, 0.6) is 0 Å². The van der Waals surface area contributed by atoms with Gasteiger partial charge in [0.05, 0.1) is 22.7 Å². The van der Waals surface area contributed by atoms with E-state index in [-0.39, 0.29) is 24.1 Å². The summed E-state index contributed by atoms with van der Waals surface area (Å²) in [5, 5.41) is 5.62. The Morgan fingerprint density at radius 3 is 2.58 bits per heavy atom. The second kappa shape index (κ2) is 10.4. The van der Waals surface area contributed by atoms with Gasteiger partial charge in [0.2, 0.25) is 11.8 Å². The Bertz CT molecular complexity index is 1070. The van der Waals surface area contributed by atoms with Crippen molar-refractivity contribution in [3.8, 4) is 11.8 Å². The quantitative estimate of drug-likeness (QED) is 0.573. The van der Waals surface area contributed by atoms with Crippen molar-refractivity contribution < 1.29 is 14.3 Å². The van der Waals surface area contributed by atoms with Gasteiger partial charge in [-0.05, 0) is 44.5 Å². The van der Waals surface area contributed by atoms with Crippen LogP contribution in [0.4, 0.5) is 0 Å². The Kier molecular flexibility index (Phi) is 7.66. The van der Waals surface area contributed by atoms with Crippen molar-refractivity contribution in [2.75, 3.05) is 19.7 Å². The normalized spacial score (nSPS) is 19.3. The van der Waals surface area contributed by atoms with Crippen molar-refractivity contribution in [1.82, 2.24) is 19.8 Å². The number of fused-ring (bicyclic) bond motifs is 1. The van der Waals surface area contributed by atoms with Crippen LogP contribution in [-0.4, -0.2) is 46.7 Å². The predicted molar refractivity (Wildman–Crippen MR) is 119 cm³/mol. The summed E-state index contributed by atoms with van der Waals surface area (Å²) >= 11 is 0. The average Bonchev–Trinajstić information content (AvgIpc) is 3.04. The highest BCUT2D eigenvalue weighted by molar-refractivity contribution is 6.00. The molecule has 1 aromatic heterocycles. The molecule has 2 fully saturated rings. The van der Waals surface area contributed by atoms with Gasteiger partial charge in [-0.1, -0.05) is 31.8 Å². The zero-order chi connectivity index (χ0) is 22.4. The number of imidazole rings is 1. The first kappa shape index (κ1) is 22.8. The van der Waals surface area contributed by atoms with Crippen LogP contribution in [-0.2, 0) is 21.4 Å². The van der Waals surface area contributed by atoms with Gasteiger partial charge in [-0.2, -0.15) is 0 Å². The van der Waals surface area contributed by atoms with Crippen LogP contribution in [0, 0.1) is 11.8 Å². The summed E-state index contributed by atoms with van der Waals surface area (Å²) < 4.78 is 8.80. The van der Waals surface area contributed by atoms with E-state index < -0.39 is 11.9 Å². The molecule has 0 spiro atoms. The van der Waals surface area contributed by atoms with Gasteiger partial charge in [-0.25, -0.2) is 4.79 Å². The average molecular weight is 427 g/mol. The van der Waals surface area contributed by atoms with E-state index in [0.717, 1.165) is 25.9 Å². The molecule has 1 unspecified atom stereocenters. The van der Waals surface area contributed by atoms with Crippen molar-refractivity contribution in [1.29, 1.82) is 0 Å². The van der Waals surface area contributed by atoms with Gasteiger partial charge in [-0.15, -0.1) is 0 Å². The summed E-state index contributed by atoms with van der Waals surface area (Å²) in [7, 11) is 1.67. The molecule has 31 heavy (non-hydrogen) atoms. The maximum absolute atomic E-state index is 12.9. The number of hydrogen-bond donors (Lipinski definition) is 2. The number of rotatable bonds is 3. The number of nitrogens with zero attached hydrogens (tertiary/aromatic N) is 2. The third-order valence-electron chi connectivity index (χ3n) is 5.52. The number of amides is 2. The molecule has 2 aliphatic heterocycles. The smallest absolute Gasteiger partial charge is 0.329 e. The summed E-state index contributed by atoms with van der Waals surface area (Å²) in [5.74, 6) is 5.41. The van der Waals surface area contributed by atoms with Crippen molar-refractivity contribution in [3.05, 3.63) is 34.2 Å². The first-order valence-electron chi connectivity index (χ1n) is 10.9. The Labute approximate surface area is 181 Å². The highest BCUT2D eigenvalue weighted by Gasteiger charge is 2.31. The fraction of sp³-hybridized carbons (Fsp3) is 0.522. The first-order valence-corrected chi connectivity index (χ1v) is 10.9. The molecule has 2 amide bonds. The number of carbonyl (C=O) groups is 2. The van der Waals surface area contributed by atoms with Gasteiger partial charge in [0.1, 0.15) is 12.6 Å². The van der Waals surface area contributed by atoms with Crippen molar-refractivity contribution in [2.45, 2.75) is 51.7 Å². The molecule has 0 aliphatic carbocycles. The van der Waals surface area contributed by atoms with E-state index in [1.807, 2.05) is 26.0 Å². The molecule has 2 aromatic rings.